The Labute approximate surface area is 122 Å². The van der Waals surface area contributed by atoms with Crippen LogP contribution in [0.25, 0.3) is 0 Å². The summed E-state index contributed by atoms with van der Waals surface area (Å²) < 4.78 is 23.1. The van der Waals surface area contributed by atoms with E-state index < -0.39 is 15.7 Å². The summed E-state index contributed by atoms with van der Waals surface area (Å²) in [5.74, 6) is -0.0418. The zero-order chi connectivity index (χ0) is 15.6. The Balaban J connectivity index is 2.36. The summed E-state index contributed by atoms with van der Waals surface area (Å²) in [7, 11) is -3.44. The van der Waals surface area contributed by atoms with Gasteiger partial charge in [-0.2, -0.15) is 0 Å². The summed E-state index contributed by atoms with van der Waals surface area (Å²) in [6.45, 7) is 1.81. The van der Waals surface area contributed by atoms with Gasteiger partial charge in [0.15, 0.2) is 9.84 Å². The Hall–Kier alpha value is -2.41. The van der Waals surface area contributed by atoms with Gasteiger partial charge in [-0.1, -0.05) is 6.07 Å². The maximum absolute atomic E-state index is 12.2. The summed E-state index contributed by atoms with van der Waals surface area (Å²) in [6, 6.07) is 7.59. The van der Waals surface area contributed by atoms with E-state index in [4.69, 9.17) is 5.73 Å². The highest BCUT2D eigenvalue weighted by Crippen LogP contribution is 2.18. The lowest BCUT2D eigenvalue weighted by atomic mass is 10.2. The second kappa shape index (κ2) is 5.53. The van der Waals surface area contributed by atoms with Gasteiger partial charge in [-0.15, -0.1) is 0 Å². The number of aryl methyl sites for hydroxylation is 1. The van der Waals surface area contributed by atoms with E-state index >= 15 is 0 Å². The van der Waals surface area contributed by atoms with E-state index in [1.165, 1.54) is 18.2 Å². The van der Waals surface area contributed by atoms with Crippen LogP contribution in [0.15, 0.2) is 41.4 Å². The summed E-state index contributed by atoms with van der Waals surface area (Å²) in [4.78, 5) is 16.3. The molecule has 0 bridgehead atoms. The number of anilines is 2. The fourth-order valence-corrected chi connectivity index (χ4v) is 2.45. The fraction of sp³-hybridized carbons (Fsp3) is 0.143. The lowest BCUT2D eigenvalue weighted by Crippen LogP contribution is -2.15. The first-order chi connectivity index (χ1) is 9.77. The van der Waals surface area contributed by atoms with Crippen molar-refractivity contribution in [2.24, 2.45) is 0 Å². The summed E-state index contributed by atoms with van der Waals surface area (Å²) in [5, 5.41) is 2.63. The molecular formula is C14H15N3O3S. The molecule has 110 valence electrons. The van der Waals surface area contributed by atoms with Crippen LogP contribution in [-0.2, 0) is 9.84 Å². The second-order valence-corrected chi connectivity index (χ2v) is 6.70. The Morgan fingerprint density at radius 1 is 1.29 bits per heavy atom. The molecule has 2 rings (SSSR count). The van der Waals surface area contributed by atoms with Crippen molar-refractivity contribution >= 4 is 27.2 Å². The third-order valence-corrected chi connectivity index (χ3v) is 3.95. The van der Waals surface area contributed by atoms with Gasteiger partial charge >= 0.3 is 0 Å². The van der Waals surface area contributed by atoms with Crippen molar-refractivity contribution in [3.63, 3.8) is 0 Å². The molecule has 2 aromatic rings. The first kappa shape index (κ1) is 15.0. The standard InChI is InChI=1S/C14H15N3O3S/c1-9-4-3-5-16-13(9)17-14(18)10-6-11(15)8-12(7-10)21(2,19)20/h3-8H,15H2,1-2H3,(H,16,17,18). The van der Waals surface area contributed by atoms with E-state index in [0.29, 0.717) is 5.82 Å². The van der Waals surface area contributed by atoms with Crippen LogP contribution in [0.3, 0.4) is 0 Å². The first-order valence-corrected chi connectivity index (χ1v) is 8.00. The lowest BCUT2D eigenvalue weighted by Gasteiger charge is -2.09. The molecule has 1 aromatic heterocycles. The van der Waals surface area contributed by atoms with E-state index in [0.717, 1.165) is 11.8 Å². The number of hydrogen-bond acceptors (Lipinski definition) is 5. The Morgan fingerprint density at radius 3 is 2.62 bits per heavy atom. The van der Waals surface area contributed by atoms with Crippen LogP contribution in [0.2, 0.25) is 0 Å². The number of sulfone groups is 1. The molecule has 6 nitrogen and oxygen atoms in total. The monoisotopic (exact) mass is 305 g/mol. The molecule has 0 radical (unpaired) electrons. The largest absolute Gasteiger partial charge is 0.399 e. The van der Waals surface area contributed by atoms with Gasteiger partial charge in [0.05, 0.1) is 4.90 Å². The number of amides is 1. The lowest BCUT2D eigenvalue weighted by molar-refractivity contribution is 0.102. The quantitative estimate of drug-likeness (QED) is 0.839. The summed E-state index contributed by atoms with van der Waals surface area (Å²) >= 11 is 0. The highest BCUT2D eigenvalue weighted by molar-refractivity contribution is 7.90. The molecule has 3 N–H and O–H groups in total. The normalized spacial score (nSPS) is 11.1. The number of carbonyl (C=O) groups excluding carboxylic acids is 1. The molecule has 0 fully saturated rings. The van der Waals surface area contributed by atoms with Gasteiger partial charge in [0.1, 0.15) is 5.82 Å². The number of nitrogens with zero attached hydrogens (tertiary/aromatic N) is 1. The molecule has 21 heavy (non-hydrogen) atoms. The first-order valence-electron chi connectivity index (χ1n) is 6.11. The molecule has 0 aliphatic heterocycles. The van der Waals surface area contributed by atoms with Crippen molar-refractivity contribution in [1.29, 1.82) is 0 Å². The van der Waals surface area contributed by atoms with E-state index in [2.05, 4.69) is 10.3 Å². The van der Waals surface area contributed by atoms with E-state index in [1.807, 2.05) is 13.0 Å². The van der Waals surface area contributed by atoms with Crippen LogP contribution in [0.4, 0.5) is 11.5 Å². The maximum atomic E-state index is 12.2. The minimum Gasteiger partial charge on any atom is -0.399 e. The number of nitrogens with one attached hydrogen (secondary N) is 1. The van der Waals surface area contributed by atoms with Crippen molar-refractivity contribution in [3.8, 4) is 0 Å². The molecule has 7 heteroatoms. The number of rotatable bonds is 3. The number of carbonyl (C=O) groups is 1. The molecule has 0 aliphatic rings. The third kappa shape index (κ3) is 3.57. The minimum atomic E-state index is -3.44. The fourth-order valence-electron chi connectivity index (χ4n) is 1.76. The second-order valence-electron chi connectivity index (χ2n) is 4.69. The van der Waals surface area contributed by atoms with Crippen molar-refractivity contribution in [2.75, 3.05) is 17.3 Å². The summed E-state index contributed by atoms with van der Waals surface area (Å²) in [5.41, 5.74) is 6.84. The Morgan fingerprint density at radius 2 is 2.00 bits per heavy atom. The zero-order valence-electron chi connectivity index (χ0n) is 11.6. The van der Waals surface area contributed by atoms with Gasteiger partial charge in [-0.3, -0.25) is 4.79 Å². The predicted molar refractivity (Wildman–Crippen MR) is 80.9 cm³/mol. The molecule has 0 atom stereocenters. The minimum absolute atomic E-state index is 0.00499. The van der Waals surface area contributed by atoms with Crippen LogP contribution in [0.1, 0.15) is 15.9 Å². The van der Waals surface area contributed by atoms with E-state index in [1.54, 1.807) is 12.3 Å². The number of hydrogen-bond donors (Lipinski definition) is 2. The van der Waals surface area contributed by atoms with Crippen molar-refractivity contribution < 1.29 is 13.2 Å². The number of benzene rings is 1. The van der Waals surface area contributed by atoms with Gasteiger partial charge in [-0.25, -0.2) is 13.4 Å². The third-order valence-electron chi connectivity index (χ3n) is 2.86. The van der Waals surface area contributed by atoms with Crippen LogP contribution in [0, 0.1) is 6.92 Å². The number of pyridine rings is 1. The summed E-state index contributed by atoms with van der Waals surface area (Å²) in [6.07, 6.45) is 2.62. The molecule has 1 heterocycles. The SMILES string of the molecule is Cc1cccnc1NC(=O)c1cc(N)cc(S(C)(=O)=O)c1. The van der Waals surface area contributed by atoms with Crippen LogP contribution < -0.4 is 11.1 Å². The number of nitrogen functional groups attached to an aromatic ring is 1. The van der Waals surface area contributed by atoms with Gasteiger partial charge in [-0.05, 0) is 36.8 Å². The van der Waals surface area contributed by atoms with Gasteiger partial charge in [0.2, 0.25) is 0 Å². The van der Waals surface area contributed by atoms with Crippen LogP contribution in [-0.4, -0.2) is 25.6 Å². The maximum Gasteiger partial charge on any atom is 0.256 e. The number of aromatic nitrogens is 1. The van der Waals surface area contributed by atoms with Crippen LogP contribution >= 0.6 is 0 Å². The Kier molecular flexibility index (Phi) is 3.95. The molecule has 1 aromatic carbocycles. The van der Waals surface area contributed by atoms with E-state index in [9.17, 15) is 13.2 Å². The molecule has 0 aliphatic carbocycles. The highest BCUT2D eigenvalue weighted by Gasteiger charge is 2.14. The zero-order valence-corrected chi connectivity index (χ0v) is 12.4. The van der Waals surface area contributed by atoms with E-state index in [-0.39, 0.29) is 16.1 Å². The Bertz CT molecular complexity index is 801. The average Bonchev–Trinajstić information content (AvgIpc) is 2.39. The topological polar surface area (TPSA) is 102 Å². The number of nitrogens with two attached hydrogens (primary N) is 1. The van der Waals surface area contributed by atoms with Crippen molar-refractivity contribution in [3.05, 3.63) is 47.7 Å². The molecule has 1 amide bonds. The van der Waals surface area contributed by atoms with Crippen molar-refractivity contribution in [2.45, 2.75) is 11.8 Å². The highest BCUT2D eigenvalue weighted by atomic mass is 32.2. The van der Waals surface area contributed by atoms with Gasteiger partial charge in [0.25, 0.3) is 5.91 Å². The van der Waals surface area contributed by atoms with Crippen LogP contribution in [0.5, 0.6) is 0 Å². The average molecular weight is 305 g/mol. The molecular weight excluding hydrogens is 290 g/mol. The molecule has 0 unspecified atom stereocenters. The molecule has 0 saturated heterocycles. The van der Waals surface area contributed by atoms with Gasteiger partial charge < -0.3 is 11.1 Å². The predicted octanol–water partition coefficient (Wildman–Crippen LogP) is 1.63. The molecule has 0 saturated carbocycles. The smallest absolute Gasteiger partial charge is 0.256 e. The van der Waals surface area contributed by atoms with Crippen molar-refractivity contribution in [1.82, 2.24) is 4.98 Å². The molecule has 0 spiro atoms. The van der Waals surface area contributed by atoms with Gasteiger partial charge in [0, 0.05) is 23.7 Å².